The van der Waals surface area contributed by atoms with Crippen molar-refractivity contribution in [2.45, 2.75) is 26.3 Å². The van der Waals surface area contributed by atoms with Gasteiger partial charge >= 0.3 is 0 Å². The molecular formula is C11H14ClNO2. The van der Waals surface area contributed by atoms with E-state index in [1.54, 1.807) is 0 Å². The van der Waals surface area contributed by atoms with E-state index in [1.807, 2.05) is 6.07 Å². The molecule has 0 atom stereocenters. The smallest absolute Gasteiger partial charge is 0.231 e. The van der Waals surface area contributed by atoms with E-state index in [2.05, 4.69) is 13.8 Å². The maximum atomic E-state index is 6.07. The van der Waals surface area contributed by atoms with E-state index < -0.39 is 0 Å². The third-order valence-corrected chi connectivity index (χ3v) is 2.80. The van der Waals surface area contributed by atoms with Gasteiger partial charge in [0.1, 0.15) is 0 Å². The molecule has 0 saturated heterocycles. The van der Waals surface area contributed by atoms with Crippen LogP contribution in [0, 0.1) is 0 Å². The fourth-order valence-corrected chi connectivity index (χ4v) is 2.17. The van der Waals surface area contributed by atoms with Crippen LogP contribution in [0.4, 0.5) is 0 Å². The first-order valence-electron chi connectivity index (χ1n) is 4.96. The van der Waals surface area contributed by atoms with Crippen molar-refractivity contribution < 1.29 is 9.47 Å². The Morgan fingerprint density at radius 2 is 2.07 bits per heavy atom. The van der Waals surface area contributed by atoms with Crippen LogP contribution in [0.1, 0.15) is 30.9 Å². The lowest BCUT2D eigenvalue weighted by molar-refractivity contribution is 0.173. The van der Waals surface area contributed by atoms with Gasteiger partial charge in [-0.2, -0.15) is 0 Å². The topological polar surface area (TPSA) is 44.5 Å². The lowest BCUT2D eigenvalue weighted by Gasteiger charge is -2.15. The first-order valence-corrected chi connectivity index (χ1v) is 5.34. The van der Waals surface area contributed by atoms with Crippen molar-refractivity contribution in [2.75, 3.05) is 6.79 Å². The van der Waals surface area contributed by atoms with Crippen molar-refractivity contribution >= 4 is 11.6 Å². The van der Waals surface area contributed by atoms with Gasteiger partial charge in [0.25, 0.3) is 0 Å². The number of fused-ring (bicyclic) bond motifs is 1. The lowest BCUT2D eigenvalue weighted by Crippen LogP contribution is -2.04. The van der Waals surface area contributed by atoms with Gasteiger partial charge in [0.15, 0.2) is 11.5 Å². The molecule has 1 aromatic rings. The zero-order chi connectivity index (χ0) is 11.0. The van der Waals surface area contributed by atoms with Crippen molar-refractivity contribution in [1.82, 2.24) is 0 Å². The Balaban J connectivity index is 2.65. The van der Waals surface area contributed by atoms with E-state index in [9.17, 15) is 0 Å². The number of rotatable bonds is 2. The summed E-state index contributed by atoms with van der Waals surface area (Å²) in [6.07, 6.45) is 0. The number of ether oxygens (including phenoxy) is 2. The Morgan fingerprint density at radius 1 is 1.40 bits per heavy atom. The van der Waals surface area contributed by atoms with E-state index in [1.165, 1.54) is 0 Å². The third kappa shape index (κ3) is 1.66. The maximum absolute atomic E-state index is 6.07. The minimum Gasteiger partial charge on any atom is -0.453 e. The van der Waals surface area contributed by atoms with E-state index >= 15 is 0 Å². The molecule has 0 saturated carbocycles. The van der Waals surface area contributed by atoms with Gasteiger partial charge in [0.2, 0.25) is 6.79 Å². The molecule has 1 aliphatic heterocycles. The van der Waals surface area contributed by atoms with Gasteiger partial charge in [0, 0.05) is 12.1 Å². The number of hydrogen-bond acceptors (Lipinski definition) is 3. The molecule has 4 heteroatoms. The largest absolute Gasteiger partial charge is 0.453 e. The second-order valence-electron chi connectivity index (χ2n) is 3.85. The van der Waals surface area contributed by atoms with Crippen LogP contribution in [0.2, 0.25) is 5.02 Å². The van der Waals surface area contributed by atoms with Crippen molar-refractivity contribution in [2.24, 2.45) is 5.73 Å². The van der Waals surface area contributed by atoms with Crippen molar-refractivity contribution in [3.05, 3.63) is 22.2 Å². The van der Waals surface area contributed by atoms with Crippen molar-refractivity contribution in [1.29, 1.82) is 0 Å². The van der Waals surface area contributed by atoms with E-state index in [0.717, 1.165) is 16.9 Å². The molecule has 15 heavy (non-hydrogen) atoms. The van der Waals surface area contributed by atoms with Gasteiger partial charge in [-0.25, -0.2) is 0 Å². The van der Waals surface area contributed by atoms with Crippen LogP contribution in [-0.4, -0.2) is 6.79 Å². The number of nitrogens with two attached hydrogens (primary N) is 1. The molecule has 0 spiro atoms. The van der Waals surface area contributed by atoms with Gasteiger partial charge in [-0.1, -0.05) is 25.4 Å². The van der Waals surface area contributed by atoms with Crippen LogP contribution in [0.3, 0.4) is 0 Å². The number of hydrogen-bond donors (Lipinski definition) is 1. The summed E-state index contributed by atoms with van der Waals surface area (Å²) in [5.74, 6) is 1.76. The highest BCUT2D eigenvalue weighted by atomic mass is 35.5. The molecule has 0 aromatic heterocycles. The maximum Gasteiger partial charge on any atom is 0.231 e. The molecule has 1 aliphatic rings. The predicted molar refractivity (Wildman–Crippen MR) is 59.6 cm³/mol. The van der Waals surface area contributed by atoms with Gasteiger partial charge in [0.05, 0.1) is 5.02 Å². The highest BCUT2D eigenvalue weighted by Crippen LogP contribution is 2.45. The molecule has 0 bridgehead atoms. The standard InChI is InChI=1S/C11H14ClNO2/c1-6(2)9-7(4-13)3-8(12)10-11(9)15-5-14-10/h3,6H,4-5,13H2,1-2H3. The second kappa shape index (κ2) is 3.91. The van der Waals surface area contributed by atoms with Crippen LogP contribution in [0.25, 0.3) is 0 Å². The molecule has 0 radical (unpaired) electrons. The average molecular weight is 228 g/mol. The van der Waals surface area contributed by atoms with Crippen LogP contribution < -0.4 is 15.2 Å². The molecule has 82 valence electrons. The van der Waals surface area contributed by atoms with E-state index in [-0.39, 0.29) is 6.79 Å². The van der Waals surface area contributed by atoms with Crippen LogP contribution in [0.5, 0.6) is 11.5 Å². The zero-order valence-corrected chi connectivity index (χ0v) is 9.60. The highest BCUT2D eigenvalue weighted by Gasteiger charge is 2.25. The Labute approximate surface area is 94.1 Å². The second-order valence-corrected chi connectivity index (χ2v) is 4.26. The highest BCUT2D eigenvalue weighted by molar-refractivity contribution is 6.32. The fraction of sp³-hybridized carbons (Fsp3) is 0.455. The molecule has 0 fully saturated rings. The Hall–Kier alpha value is -0.930. The summed E-state index contributed by atoms with van der Waals surface area (Å²) in [5.41, 5.74) is 7.83. The lowest BCUT2D eigenvalue weighted by atomic mass is 9.95. The predicted octanol–water partition coefficient (Wildman–Crippen LogP) is 2.65. The molecule has 0 aliphatic carbocycles. The SMILES string of the molecule is CC(C)c1c(CN)cc(Cl)c2c1OCO2. The minimum atomic E-state index is 0.239. The first kappa shape index (κ1) is 10.6. The Morgan fingerprint density at radius 3 is 2.67 bits per heavy atom. The minimum absolute atomic E-state index is 0.239. The summed E-state index contributed by atoms with van der Waals surface area (Å²) < 4.78 is 10.8. The molecule has 2 N–H and O–H groups in total. The molecule has 1 heterocycles. The summed E-state index contributed by atoms with van der Waals surface area (Å²) in [6.45, 7) is 4.90. The van der Waals surface area contributed by atoms with Crippen LogP contribution in [0.15, 0.2) is 6.07 Å². The monoisotopic (exact) mass is 227 g/mol. The summed E-state index contributed by atoms with van der Waals surface area (Å²) in [6, 6.07) is 1.87. The zero-order valence-electron chi connectivity index (χ0n) is 8.84. The van der Waals surface area contributed by atoms with Crippen LogP contribution in [-0.2, 0) is 6.54 Å². The Kier molecular flexibility index (Phi) is 2.76. The van der Waals surface area contributed by atoms with Gasteiger partial charge < -0.3 is 15.2 Å². The summed E-state index contributed by atoms with van der Waals surface area (Å²) >= 11 is 6.07. The quantitative estimate of drug-likeness (QED) is 0.845. The summed E-state index contributed by atoms with van der Waals surface area (Å²) in [5, 5.41) is 0.576. The van der Waals surface area contributed by atoms with Gasteiger partial charge in [-0.3, -0.25) is 0 Å². The molecule has 0 amide bonds. The van der Waals surface area contributed by atoms with Gasteiger partial charge in [-0.05, 0) is 17.5 Å². The Bertz CT molecular complexity index is 391. The van der Waals surface area contributed by atoms with E-state index in [0.29, 0.717) is 23.2 Å². The molecule has 1 aromatic carbocycles. The first-order chi connectivity index (χ1) is 7.15. The van der Waals surface area contributed by atoms with Crippen LogP contribution >= 0.6 is 11.6 Å². The average Bonchev–Trinajstić information content (AvgIpc) is 2.65. The van der Waals surface area contributed by atoms with Gasteiger partial charge in [-0.15, -0.1) is 0 Å². The molecule has 2 rings (SSSR count). The number of halogens is 1. The van der Waals surface area contributed by atoms with E-state index in [4.69, 9.17) is 26.8 Å². The number of benzene rings is 1. The fourth-order valence-electron chi connectivity index (χ4n) is 1.90. The molecule has 3 nitrogen and oxygen atoms in total. The molecular weight excluding hydrogens is 214 g/mol. The molecule has 0 unspecified atom stereocenters. The van der Waals surface area contributed by atoms with Crippen molar-refractivity contribution in [3.63, 3.8) is 0 Å². The van der Waals surface area contributed by atoms with Crippen molar-refractivity contribution in [3.8, 4) is 11.5 Å². The summed E-state index contributed by atoms with van der Waals surface area (Å²) in [4.78, 5) is 0. The summed E-state index contributed by atoms with van der Waals surface area (Å²) in [7, 11) is 0. The third-order valence-electron chi connectivity index (χ3n) is 2.52. The normalized spacial score (nSPS) is 13.7.